The molecule has 2 nitrogen and oxygen atoms in total. The minimum atomic E-state index is -0.217. The Kier molecular flexibility index (Phi) is 5.54. The van der Waals surface area contributed by atoms with Crippen molar-refractivity contribution in [1.82, 2.24) is 0 Å². The average Bonchev–Trinajstić information content (AvgIpc) is 2.52. The Balaban J connectivity index is 2.73. The molecule has 2 aromatic rings. The van der Waals surface area contributed by atoms with E-state index >= 15 is 0 Å². The van der Waals surface area contributed by atoms with Crippen molar-refractivity contribution in [2.75, 3.05) is 0 Å². The molecule has 0 unspecified atom stereocenters. The number of aromatic hydroxyl groups is 1. The van der Waals surface area contributed by atoms with E-state index in [-0.39, 0.29) is 10.8 Å². The number of halogens is 1. The van der Waals surface area contributed by atoms with E-state index < -0.39 is 0 Å². The van der Waals surface area contributed by atoms with E-state index in [2.05, 4.69) is 47.6 Å². The molecule has 1 N–H and O–H groups in total. The molecule has 0 radical (unpaired) electrons. The van der Waals surface area contributed by atoms with E-state index in [1.807, 2.05) is 36.4 Å². The first-order chi connectivity index (χ1) is 11.9. The van der Waals surface area contributed by atoms with E-state index in [4.69, 9.17) is 11.6 Å². The first-order valence-electron chi connectivity index (χ1n) is 8.70. The maximum Gasteiger partial charge on any atom is 0.123 e. The summed E-state index contributed by atoms with van der Waals surface area (Å²) in [6, 6.07) is 13.5. The molecule has 0 aromatic heterocycles. The molecular formula is C23H26ClNO. The van der Waals surface area contributed by atoms with Gasteiger partial charge in [-0.3, -0.25) is 0 Å². The van der Waals surface area contributed by atoms with E-state index in [1.54, 1.807) is 6.07 Å². The average molecular weight is 368 g/mol. The van der Waals surface area contributed by atoms with Crippen LogP contribution < -0.4 is 0 Å². The zero-order chi connectivity index (χ0) is 19.7. The van der Waals surface area contributed by atoms with Crippen LogP contribution in [0.5, 0.6) is 5.75 Å². The summed E-state index contributed by atoms with van der Waals surface area (Å²) in [6.45, 7) is 12.4. The lowest BCUT2D eigenvalue weighted by Crippen LogP contribution is -2.17. The Morgan fingerprint density at radius 3 is 1.92 bits per heavy atom. The van der Waals surface area contributed by atoms with Crippen LogP contribution in [0.4, 0.5) is 0 Å². The molecule has 2 aromatic carbocycles. The number of hydrogen-bond acceptors (Lipinski definition) is 2. The maximum absolute atomic E-state index is 10.8. The molecule has 0 bridgehead atoms. The van der Waals surface area contributed by atoms with Gasteiger partial charge in [0.1, 0.15) is 5.75 Å². The number of phenols is 1. The Labute approximate surface area is 161 Å². The molecule has 0 amide bonds. The van der Waals surface area contributed by atoms with Crippen LogP contribution in [0.15, 0.2) is 36.4 Å². The van der Waals surface area contributed by atoms with Gasteiger partial charge in [0.2, 0.25) is 0 Å². The number of nitrogens with zero attached hydrogens (tertiary/aromatic N) is 1. The van der Waals surface area contributed by atoms with Crippen molar-refractivity contribution in [1.29, 1.82) is 5.26 Å². The van der Waals surface area contributed by atoms with Crippen LogP contribution in [0, 0.1) is 11.3 Å². The van der Waals surface area contributed by atoms with Gasteiger partial charge in [0.25, 0.3) is 0 Å². The smallest absolute Gasteiger partial charge is 0.123 e. The molecule has 0 aliphatic carbocycles. The Morgan fingerprint density at radius 2 is 1.50 bits per heavy atom. The predicted octanol–water partition coefficient (Wildman–Crippen LogP) is 6.70. The van der Waals surface area contributed by atoms with Crippen LogP contribution in [0.25, 0.3) is 11.6 Å². The van der Waals surface area contributed by atoms with Crippen LogP contribution in [-0.4, -0.2) is 5.11 Å². The first-order valence-corrected chi connectivity index (χ1v) is 9.07. The highest BCUT2D eigenvalue weighted by Gasteiger charge is 2.26. The van der Waals surface area contributed by atoms with E-state index in [9.17, 15) is 10.4 Å². The lowest BCUT2D eigenvalue weighted by Gasteiger charge is -2.28. The third kappa shape index (κ3) is 4.29. The Bertz CT molecular complexity index is 855. The van der Waals surface area contributed by atoms with Crippen molar-refractivity contribution in [3.63, 3.8) is 0 Å². The minimum absolute atomic E-state index is 0.217. The van der Waals surface area contributed by atoms with Crippen molar-refractivity contribution in [3.8, 4) is 11.8 Å². The third-order valence-corrected chi connectivity index (χ3v) is 4.67. The highest BCUT2D eigenvalue weighted by Crippen LogP contribution is 2.40. The van der Waals surface area contributed by atoms with Crippen LogP contribution in [0.1, 0.15) is 63.8 Å². The second kappa shape index (κ2) is 7.17. The van der Waals surface area contributed by atoms with E-state index in [0.29, 0.717) is 21.9 Å². The minimum Gasteiger partial charge on any atom is -0.507 e. The van der Waals surface area contributed by atoms with Gasteiger partial charge in [0.15, 0.2) is 0 Å². The summed E-state index contributed by atoms with van der Waals surface area (Å²) in [5.41, 5.74) is 3.39. The number of phenolic OH excluding ortho intramolecular Hbond substituents is 1. The fraction of sp³-hybridized carbons (Fsp3) is 0.348. The summed E-state index contributed by atoms with van der Waals surface area (Å²) in [5.74, 6) is 0.332. The second-order valence-corrected chi connectivity index (χ2v) is 9.02. The summed E-state index contributed by atoms with van der Waals surface area (Å²) < 4.78 is 0. The predicted molar refractivity (Wildman–Crippen MR) is 110 cm³/mol. The van der Waals surface area contributed by atoms with Gasteiger partial charge >= 0.3 is 0 Å². The van der Waals surface area contributed by atoms with Crippen molar-refractivity contribution in [2.24, 2.45) is 0 Å². The number of hydrogen-bond donors (Lipinski definition) is 1. The van der Waals surface area contributed by atoms with Gasteiger partial charge in [0.05, 0.1) is 11.6 Å². The SMILES string of the molecule is CC(C)(C)c1cc(C=C(C#N)c2ccccc2Cl)cc(C(C)(C)C)c1O. The van der Waals surface area contributed by atoms with Crippen molar-refractivity contribution >= 4 is 23.3 Å². The number of benzene rings is 2. The fourth-order valence-electron chi connectivity index (χ4n) is 2.90. The molecule has 0 aliphatic heterocycles. The summed E-state index contributed by atoms with van der Waals surface area (Å²) in [5, 5.41) is 21.0. The monoisotopic (exact) mass is 367 g/mol. The van der Waals surface area contributed by atoms with Crippen LogP contribution in [0.2, 0.25) is 5.02 Å². The molecule has 0 saturated carbocycles. The van der Waals surface area contributed by atoms with Gasteiger partial charge in [-0.2, -0.15) is 5.26 Å². The van der Waals surface area contributed by atoms with Crippen LogP contribution in [-0.2, 0) is 10.8 Å². The summed E-state index contributed by atoms with van der Waals surface area (Å²) in [6.07, 6.45) is 1.84. The first kappa shape index (κ1) is 20.1. The van der Waals surface area contributed by atoms with Gasteiger partial charge < -0.3 is 5.11 Å². The molecule has 0 fully saturated rings. The highest BCUT2D eigenvalue weighted by molar-refractivity contribution is 6.32. The zero-order valence-corrected chi connectivity index (χ0v) is 17.1. The molecular weight excluding hydrogens is 342 g/mol. The largest absolute Gasteiger partial charge is 0.507 e. The molecule has 0 saturated heterocycles. The van der Waals surface area contributed by atoms with Crippen LogP contribution in [0.3, 0.4) is 0 Å². The number of nitriles is 1. The van der Waals surface area contributed by atoms with Gasteiger partial charge in [-0.1, -0.05) is 71.3 Å². The summed E-state index contributed by atoms with van der Waals surface area (Å²) in [4.78, 5) is 0. The molecule has 26 heavy (non-hydrogen) atoms. The molecule has 0 atom stereocenters. The quantitative estimate of drug-likeness (QED) is 0.473. The standard InChI is InChI=1S/C23H26ClNO/c1-22(2,3)18-12-15(13-19(21(18)26)23(4,5)6)11-16(14-25)17-9-7-8-10-20(17)24/h7-13,26H,1-6H3. The van der Waals surface area contributed by atoms with Crippen molar-refractivity contribution < 1.29 is 5.11 Å². The highest BCUT2D eigenvalue weighted by atomic mass is 35.5. The fourth-order valence-corrected chi connectivity index (χ4v) is 3.14. The van der Waals surface area contributed by atoms with Crippen LogP contribution >= 0.6 is 11.6 Å². The van der Waals surface area contributed by atoms with E-state index in [0.717, 1.165) is 16.7 Å². The lowest BCUT2D eigenvalue weighted by molar-refractivity contribution is 0.423. The lowest BCUT2D eigenvalue weighted by atomic mass is 9.78. The Hall–Kier alpha value is -2.24. The second-order valence-electron chi connectivity index (χ2n) is 8.61. The Morgan fingerprint density at radius 1 is 1.00 bits per heavy atom. The van der Waals surface area contributed by atoms with Gasteiger partial charge in [-0.15, -0.1) is 0 Å². The molecule has 3 heteroatoms. The third-order valence-electron chi connectivity index (χ3n) is 4.34. The zero-order valence-electron chi connectivity index (χ0n) is 16.3. The molecule has 0 spiro atoms. The van der Waals surface area contributed by atoms with Gasteiger partial charge in [0, 0.05) is 21.7 Å². The molecule has 2 rings (SSSR count). The van der Waals surface area contributed by atoms with Gasteiger partial charge in [-0.25, -0.2) is 0 Å². The number of rotatable bonds is 2. The molecule has 136 valence electrons. The summed E-state index contributed by atoms with van der Waals surface area (Å²) in [7, 11) is 0. The van der Waals surface area contributed by atoms with E-state index in [1.165, 1.54) is 0 Å². The topological polar surface area (TPSA) is 44.0 Å². The number of allylic oxidation sites excluding steroid dienone is 1. The molecule has 0 aliphatic rings. The molecule has 0 heterocycles. The summed E-state index contributed by atoms with van der Waals surface area (Å²) >= 11 is 6.26. The maximum atomic E-state index is 10.8. The van der Waals surface area contributed by atoms with Gasteiger partial charge in [-0.05, 0) is 40.7 Å². The van der Waals surface area contributed by atoms with Crippen molar-refractivity contribution in [2.45, 2.75) is 52.4 Å². The normalized spacial score (nSPS) is 12.8. The van der Waals surface area contributed by atoms with Crippen molar-refractivity contribution in [3.05, 3.63) is 63.7 Å².